The number of hydrogen-bond donors (Lipinski definition) is 1. The minimum absolute atomic E-state index is 0.0134. The average molecular weight is 543 g/mol. The monoisotopic (exact) mass is 542 g/mol. The Morgan fingerprint density at radius 2 is 1.86 bits per heavy atom. The van der Waals surface area contributed by atoms with Crippen LogP contribution >= 0.6 is 23.1 Å². The summed E-state index contributed by atoms with van der Waals surface area (Å²) < 4.78 is 65.1. The number of hydrogen-bond acceptors (Lipinski definition) is 7. The lowest BCUT2D eigenvalue weighted by Gasteiger charge is -2.20. The van der Waals surface area contributed by atoms with Gasteiger partial charge in [-0.25, -0.2) is 23.1 Å². The summed E-state index contributed by atoms with van der Waals surface area (Å²) in [7, 11) is -3.81. The van der Waals surface area contributed by atoms with E-state index in [2.05, 4.69) is 9.71 Å². The van der Waals surface area contributed by atoms with Crippen LogP contribution in [0.5, 0.6) is 0 Å². The van der Waals surface area contributed by atoms with Gasteiger partial charge >= 0.3 is 11.5 Å². The summed E-state index contributed by atoms with van der Waals surface area (Å²) in [5, 5.41) is 1.63. The Morgan fingerprint density at radius 1 is 1.14 bits per heavy atom. The first-order chi connectivity index (χ1) is 16.4. The highest BCUT2D eigenvalue weighted by Gasteiger charge is 2.43. The first-order valence-electron chi connectivity index (χ1n) is 9.96. The van der Waals surface area contributed by atoms with Crippen LogP contribution in [0.25, 0.3) is 0 Å². The summed E-state index contributed by atoms with van der Waals surface area (Å²) in [4.78, 5) is 32.0. The van der Waals surface area contributed by atoms with E-state index in [9.17, 15) is 31.2 Å². The van der Waals surface area contributed by atoms with Crippen molar-refractivity contribution < 1.29 is 31.2 Å². The maximum atomic E-state index is 13.0. The molecule has 3 amide bonds. The Labute approximate surface area is 206 Å². The number of sulfonamides is 1. The van der Waals surface area contributed by atoms with E-state index >= 15 is 0 Å². The molecule has 8 nitrogen and oxygen atoms in total. The third-order valence-corrected chi connectivity index (χ3v) is 8.48. The van der Waals surface area contributed by atoms with Crippen LogP contribution in [0.3, 0.4) is 0 Å². The zero-order chi connectivity index (χ0) is 25.4. The van der Waals surface area contributed by atoms with Crippen LogP contribution in [0, 0.1) is 0 Å². The van der Waals surface area contributed by atoms with Crippen molar-refractivity contribution in [2.45, 2.75) is 34.1 Å². The quantitative estimate of drug-likeness (QED) is 0.336. The lowest BCUT2D eigenvalue weighted by molar-refractivity contribution is -0.119. The number of nitrogens with one attached hydrogen (secondary N) is 1. The molecule has 1 aromatic carbocycles. The number of aromatic nitrogens is 1. The molecular formula is C21H17F3N4O4S3. The molecule has 1 aliphatic rings. The van der Waals surface area contributed by atoms with Gasteiger partial charge in [0.2, 0.25) is 0 Å². The Morgan fingerprint density at radius 3 is 2.49 bits per heavy atom. The molecule has 0 aliphatic carbocycles. The topological polar surface area (TPSA) is 99.7 Å². The van der Waals surface area contributed by atoms with Crippen molar-refractivity contribution in [3.63, 3.8) is 0 Å². The molecule has 0 saturated carbocycles. The maximum Gasteiger partial charge on any atom is 0.446 e. The molecule has 1 atom stereocenters. The number of urea groups is 1. The summed E-state index contributed by atoms with van der Waals surface area (Å²) in [5.41, 5.74) is -3.77. The smallest absolute Gasteiger partial charge is 0.308 e. The fourth-order valence-corrected chi connectivity index (χ4v) is 5.91. The van der Waals surface area contributed by atoms with Gasteiger partial charge in [0.15, 0.2) is 0 Å². The molecule has 4 rings (SSSR count). The van der Waals surface area contributed by atoms with Crippen molar-refractivity contribution >= 4 is 56.6 Å². The predicted octanol–water partition coefficient (Wildman–Crippen LogP) is 4.91. The number of halogens is 3. The number of rotatable bonds is 7. The van der Waals surface area contributed by atoms with Gasteiger partial charge in [-0.3, -0.25) is 9.52 Å². The molecule has 1 saturated heterocycles. The Hall–Kier alpha value is -3.10. The van der Waals surface area contributed by atoms with Gasteiger partial charge in [0.1, 0.15) is 16.1 Å². The fraction of sp³-hybridized carbons (Fsp3) is 0.190. The second kappa shape index (κ2) is 9.51. The Balaban J connectivity index is 1.50. The van der Waals surface area contributed by atoms with Crippen molar-refractivity contribution in [3.8, 4) is 0 Å². The molecule has 0 bridgehead atoms. The molecule has 14 heteroatoms. The van der Waals surface area contributed by atoms with E-state index in [0.29, 0.717) is 5.56 Å². The van der Waals surface area contributed by atoms with Crippen LogP contribution in [-0.2, 0) is 21.4 Å². The number of imide groups is 1. The van der Waals surface area contributed by atoms with Crippen LogP contribution in [0.15, 0.2) is 69.2 Å². The Bertz CT molecular complexity index is 1350. The molecule has 1 fully saturated rings. The summed E-state index contributed by atoms with van der Waals surface area (Å²) in [5.74, 6) is -0.477. The molecular weight excluding hydrogens is 525 g/mol. The van der Waals surface area contributed by atoms with Crippen molar-refractivity contribution in [1.82, 2.24) is 9.88 Å². The van der Waals surface area contributed by atoms with Crippen molar-refractivity contribution in [2.24, 2.45) is 0 Å². The number of carbonyl (C=O) groups excluding carboxylic acids is 2. The molecule has 0 spiro atoms. The van der Waals surface area contributed by atoms with Gasteiger partial charge in [-0.1, -0.05) is 6.07 Å². The summed E-state index contributed by atoms with van der Waals surface area (Å²) in [6, 6.07) is 9.56. The molecule has 3 heterocycles. The maximum absolute atomic E-state index is 13.0. The number of amides is 3. The molecule has 2 aromatic heterocycles. The van der Waals surface area contributed by atoms with Crippen LogP contribution in [0.4, 0.5) is 29.5 Å². The zero-order valence-corrected chi connectivity index (χ0v) is 20.3. The number of thioether (sulfide) groups is 1. The van der Waals surface area contributed by atoms with Crippen molar-refractivity contribution in [3.05, 3.63) is 65.7 Å². The second-order valence-electron chi connectivity index (χ2n) is 7.39. The molecule has 35 heavy (non-hydrogen) atoms. The SMILES string of the molecule is CC1C(=O)N(c2ccc(SC(F)(F)F)cc2)C(=O)N1Cc1ccnc(NS(=O)(=O)c2cccs2)c1. The van der Waals surface area contributed by atoms with Crippen molar-refractivity contribution in [1.29, 1.82) is 0 Å². The minimum Gasteiger partial charge on any atom is -0.308 e. The van der Waals surface area contributed by atoms with Gasteiger partial charge in [-0.05, 0) is 72.1 Å². The third-order valence-electron chi connectivity index (χ3n) is 4.99. The molecule has 1 N–H and O–H groups in total. The first-order valence-corrected chi connectivity index (χ1v) is 13.1. The normalized spacial score (nSPS) is 16.7. The van der Waals surface area contributed by atoms with Gasteiger partial charge < -0.3 is 4.90 Å². The van der Waals surface area contributed by atoms with Gasteiger partial charge in [0.25, 0.3) is 15.9 Å². The minimum atomic E-state index is -4.45. The van der Waals surface area contributed by atoms with E-state index < -0.39 is 33.5 Å². The summed E-state index contributed by atoms with van der Waals surface area (Å²) >= 11 is 0.758. The number of nitrogens with zero attached hydrogens (tertiary/aromatic N) is 3. The van der Waals surface area contributed by atoms with Gasteiger partial charge in [0.05, 0.1) is 5.69 Å². The summed E-state index contributed by atoms with van der Waals surface area (Å²) in [6.45, 7) is 1.52. The Kier molecular flexibility index (Phi) is 6.79. The van der Waals surface area contributed by atoms with E-state index in [-0.39, 0.29) is 38.9 Å². The zero-order valence-electron chi connectivity index (χ0n) is 17.9. The van der Waals surface area contributed by atoms with E-state index in [1.165, 1.54) is 54.4 Å². The average Bonchev–Trinajstić information content (AvgIpc) is 3.39. The molecule has 1 unspecified atom stereocenters. The highest BCUT2D eigenvalue weighted by Crippen LogP contribution is 2.38. The first kappa shape index (κ1) is 25.0. The summed E-state index contributed by atoms with van der Waals surface area (Å²) in [6.07, 6.45) is 1.38. The highest BCUT2D eigenvalue weighted by atomic mass is 32.2. The predicted molar refractivity (Wildman–Crippen MR) is 126 cm³/mol. The van der Waals surface area contributed by atoms with E-state index in [0.717, 1.165) is 16.2 Å². The third kappa shape index (κ3) is 5.60. The molecule has 1 aliphatic heterocycles. The lowest BCUT2D eigenvalue weighted by atomic mass is 10.2. The van der Waals surface area contributed by atoms with Gasteiger partial charge in [-0.15, -0.1) is 11.3 Å². The van der Waals surface area contributed by atoms with E-state index in [1.807, 2.05) is 0 Å². The number of carbonyl (C=O) groups is 2. The largest absolute Gasteiger partial charge is 0.446 e. The number of thiophene rings is 1. The van der Waals surface area contributed by atoms with Gasteiger partial charge in [0, 0.05) is 17.6 Å². The van der Waals surface area contributed by atoms with Crippen LogP contribution < -0.4 is 9.62 Å². The van der Waals surface area contributed by atoms with E-state index in [4.69, 9.17) is 0 Å². The van der Waals surface area contributed by atoms with E-state index in [1.54, 1.807) is 17.5 Å². The molecule has 184 valence electrons. The number of pyridine rings is 1. The highest BCUT2D eigenvalue weighted by molar-refractivity contribution is 8.00. The van der Waals surface area contributed by atoms with Crippen LogP contribution in [0.2, 0.25) is 0 Å². The van der Waals surface area contributed by atoms with Crippen molar-refractivity contribution in [2.75, 3.05) is 9.62 Å². The number of anilines is 2. The van der Waals surface area contributed by atoms with Gasteiger partial charge in [-0.2, -0.15) is 13.2 Å². The fourth-order valence-electron chi connectivity index (χ4n) is 3.38. The number of alkyl halides is 3. The lowest BCUT2D eigenvalue weighted by Crippen LogP contribution is -2.33. The second-order valence-corrected chi connectivity index (χ2v) is 11.4. The number of benzene rings is 1. The van der Waals surface area contributed by atoms with Crippen LogP contribution in [0.1, 0.15) is 12.5 Å². The van der Waals surface area contributed by atoms with Crippen LogP contribution in [-0.4, -0.2) is 41.8 Å². The standard InChI is InChI=1S/C21H17F3N4O4S3/c1-13-19(29)28(15-4-6-16(7-5-15)34-21(22,23)24)20(30)27(13)12-14-8-9-25-17(11-14)26-35(31,32)18-3-2-10-33-18/h2-11,13H,12H2,1H3,(H,25,26). The molecule has 3 aromatic rings. The molecule has 0 radical (unpaired) electrons.